The predicted molar refractivity (Wildman–Crippen MR) is 120 cm³/mol. The third-order valence-corrected chi connectivity index (χ3v) is 4.21. The Balaban J connectivity index is 0.00000338. The lowest BCUT2D eigenvalue weighted by Gasteiger charge is -2.17. The number of nitrogens with one attached hydrogen (secondary N) is 2. The summed E-state index contributed by atoms with van der Waals surface area (Å²) in [5, 5.41) is 11.3. The van der Waals surface area contributed by atoms with Crippen LogP contribution in [0.5, 0.6) is 0 Å². The van der Waals surface area contributed by atoms with E-state index in [-0.39, 0.29) is 24.0 Å². The maximum Gasteiger partial charge on any atom is 0.190 e. The second-order valence-corrected chi connectivity index (χ2v) is 6.68. The van der Waals surface area contributed by atoms with Gasteiger partial charge in [0.05, 0.1) is 5.69 Å². The molecule has 0 aliphatic heterocycles. The first-order valence-corrected chi connectivity index (χ1v) is 9.08. The van der Waals surface area contributed by atoms with E-state index in [9.17, 15) is 0 Å². The molecule has 0 saturated carbocycles. The van der Waals surface area contributed by atoms with Gasteiger partial charge < -0.3 is 10.6 Å². The molecule has 26 heavy (non-hydrogen) atoms. The zero-order valence-corrected chi connectivity index (χ0v) is 18.7. The molecular weight excluding hydrogens is 437 g/mol. The van der Waals surface area contributed by atoms with Gasteiger partial charge in [0.15, 0.2) is 5.96 Å². The average Bonchev–Trinajstić information content (AvgIpc) is 2.92. The molecular formula is C20H32IN5. The number of hydrogen-bond donors (Lipinski definition) is 2. The summed E-state index contributed by atoms with van der Waals surface area (Å²) in [5.41, 5.74) is 3.67. The van der Waals surface area contributed by atoms with Crippen molar-refractivity contribution >= 4 is 29.9 Å². The number of aliphatic imine (C=N–C) groups is 1. The van der Waals surface area contributed by atoms with Crippen LogP contribution in [0.3, 0.4) is 0 Å². The molecule has 0 aliphatic carbocycles. The molecule has 0 radical (unpaired) electrons. The number of guanidine groups is 1. The Hall–Kier alpha value is -1.57. The number of rotatable bonds is 8. The van der Waals surface area contributed by atoms with Gasteiger partial charge in [-0.3, -0.25) is 9.67 Å². The van der Waals surface area contributed by atoms with E-state index in [1.807, 2.05) is 14.0 Å². The van der Waals surface area contributed by atoms with Gasteiger partial charge in [-0.05, 0) is 44.2 Å². The molecule has 1 unspecified atom stereocenters. The van der Waals surface area contributed by atoms with Gasteiger partial charge in [0.2, 0.25) is 0 Å². The third-order valence-electron chi connectivity index (χ3n) is 4.21. The molecule has 144 valence electrons. The van der Waals surface area contributed by atoms with Gasteiger partial charge in [0, 0.05) is 32.4 Å². The molecule has 1 heterocycles. The summed E-state index contributed by atoms with van der Waals surface area (Å²) < 4.78 is 2.08. The van der Waals surface area contributed by atoms with Crippen molar-refractivity contribution in [1.29, 1.82) is 0 Å². The van der Waals surface area contributed by atoms with E-state index in [2.05, 4.69) is 75.7 Å². The maximum atomic E-state index is 4.53. The third kappa shape index (κ3) is 7.76. The molecule has 0 bridgehead atoms. The van der Waals surface area contributed by atoms with E-state index in [1.165, 1.54) is 11.3 Å². The minimum atomic E-state index is 0. The number of benzene rings is 1. The zero-order valence-electron chi connectivity index (χ0n) is 16.3. The molecule has 6 heteroatoms. The average molecular weight is 469 g/mol. The van der Waals surface area contributed by atoms with Gasteiger partial charge in [0.1, 0.15) is 0 Å². The van der Waals surface area contributed by atoms with Gasteiger partial charge in [-0.15, -0.1) is 24.0 Å². The van der Waals surface area contributed by atoms with Gasteiger partial charge in [-0.2, -0.15) is 5.10 Å². The van der Waals surface area contributed by atoms with Crippen molar-refractivity contribution < 1.29 is 0 Å². The van der Waals surface area contributed by atoms with Crippen LogP contribution in [0, 0.1) is 19.8 Å². The summed E-state index contributed by atoms with van der Waals surface area (Å²) >= 11 is 0. The summed E-state index contributed by atoms with van der Waals surface area (Å²) in [4.78, 5) is 4.31. The fraction of sp³-hybridized carbons (Fsp3) is 0.500. The van der Waals surface area contributed by atoms with Crippen molar-refractivity contribution in [3.63, 3.8) is 0 Å². The Morgan fingerprint density at radius 3 is 2.54 bits per heavy atom. The summed E-state index contributed by atoms with van der Waals surface area (Å²) in [7, 11) is 1.82. The highest BCUT2D eigenvalue weighted by atomic mass is 127. The number of nitrogens with zero attached hydrogens (tertiary/aromatic N) is 3. The van der Waals surface area contributed by atoms with Crippen LogP contribution in [0.4, 0.5) is 0 Å². The molecule has 0 fully saturated rings. The normalized spacial score (nSPS) is 12.4. The summed E-state index contributed by atoms with van der Waals surface area (Å²) in [6.45, 7) is 9.07. The van der Waals surface area contributed by atoms with E-state index >= 15 is 0 Å². The van der Waals surface area contributed by atoms with E-state index in [0.29, 0.717) is 5.92 Å². The largest absolute Gasteiger partial charge is 0.356 e. The van der Waals surface area contributed by atoms with E-state index in [1.54, 1.807) is 0 Å². The van der Waals surface area contributed by atoms with E-state index in [0.717, 1.165) is 44.1 Å². The molecule has 0 saturated heterocycles. The van der Waals surface area contributed by atoms with Crippen molar-refractivity contribution in [1.82, 2.24) is 20.4 Å². The molecule has 0 amide bonds. The van der Waals surface area contributed by atoms with E-state index in [4.69, 9.17) is 0 Å². The minimum absolute atomic E-state index is 0. The molecule has 0 aliphatic rings. The van der Waals surface area contributed by atoms with Crippen LogP contribution in [0.1, 0.15) is 30.3 Å². The van der Waals surface area contributed by atoms with Crippen molar-refractivity contribution in [2.45, 2.75) is 40.2 Å². The monoisotopic (exact) mass is 469 g/mol. The van der Waals surface area contributed by atoms with Gasteiger partial charge in [0.25, 0.3) is 0 Å². The van der Waals surface area contributed by atoms with Gasteiger partial charge in [-0.1, -0.05) is 37.3 Å². The first-order chi connectivity index (χ1) is 12.1. The second-order valence-electron chi connectivity index (χ2n) is 6.68. The van der Waals surface area contributed by atoms with Crippen molar-refractivity contribution in [2.75, 3.05) is 20.1 Å². The molecule has 2 aromatic rings. The van der Waals surface area contributed by atoms with Crippen LogP contribution in [-0.4, -0.2) is 35.9 Å². The Labute approximate surface area is 174 Å². The van der Waals surface area contributed by atoms with Crippen LogP contribution < -0.4 is 10.6 Å². The maximum absolute atomic E-state index is 4.53. The first kappa shape index (κ1) is 22.5. The predicted octanol–water partition coefficient (Wildman–Crippen LogP) is 3.55. The highest BCUT2D eigenvalue weighted by Crippen LogP contribution is 2.06. The van der Waals surface area contributed by atoms with Crippen LogP contribution in [-0.2, 0) is 13.0 Å². The fourth-order valence-electron chi connectivity index (χ4n) is 2.86. The Morgan fingerprint density at radius 2 is 1.92 bits per heavy atom. The van der Waals surface area contributed by atoms with Crippen LogP contribution in [0.2, 0.25) is 0 Å². The quantitative estimate of drug-likeness (QED) is 0.269. The van der Waals surface area contributed by atoms with Crippen molar-refractivity contribution in [3.8, 4) is 0 Å². The van der Waals surface area contributed by atoms with Gasteiger partial charge in [-0.25, -0.2) is 0 Å². The SMILES string of the molecule is CN=C(NCCCc1ccccc1)NCC(C)Cn1nc(C)cc1C.I. The van der Waals surface area contributed by atoms with Gasteiger partial charge >= 0.3 is 0 Å². The Morgan fingerprint density at radius 1 is 1.19 bits per heavy atom. The minimum Gasteiger partial charge on any atom is -0.356 e. The fourth-order valence-corrected chi connectivity index (χ4v) is 2.86. The number of aryl methyl sites for hydroxylation is 3. The topological polar surface area (TPSA) is 54.2 Å². The summed E-state index contributed by atoms with van der Waals surface area (Å²) in [6.07, 6.45) is 2.17. The standard InChI is InChI=1S/C20H31N5.HI/c1-16(15-25-18(3)13-17(2)24-25)14-23-20(21-4)22-12-8-11-19-9-6-5-7-10-19;/h5-7,9-10,13,16H,8,11-12,14-15H2,1-4H3,(H2,21,22,23);1H. The highest BCUT2D eigenvalue weighted by molar-refractivity contribution is 14.0. The smallest absolute Gasteiger partial charge is 0.190 e. The molecule has 1 aromatic carbocycles. The van der Waals surface area contributed by atoms with Crippen molar-refractivity contribution in [3.05, 3.63) is 53.3 Å². The first-order valence-electron chi connectivity index (χ1n) is 9.08. The molecule has 2 N–H and O–H groups in total. The Bertz CT molecular complexity index is 666. The highest BCUT2D eigenvalue weighted by Gasteiger charge is 2.08. The lowest BCUT2D eigenvalue weighted by molar-refractivity contribution is 0.436. The lowest BCUT2D eigenvalue weighted by Crippen LogP contribution is -2.40. The van der Waals surface area contributed by atoms with Crippen LogP contribution in [0.15, 0.2) is 41.4 Å². The number of hydrogen-bond acceptors (Lipinski definition) is 2. The lowest BCUT2D eigenvalue weighted by atomic mass is 10.1. The summed E-state index contributed by atoms with van der Waals surface area (Å²) in [5.74, 6) is 1.34. The Kier molecular flexibility index (Phi) is 10.3. The molecule has 5 nitrogen and oxygen atoms in total. The number of halogens is 1. The van der Waals surface area contributed by atoms with E-state index < -0.39 is 0 Å². The number of aromatic nitrogens is 2. The zero-order chi connectivity index (χ0) is 18.1. The van der Waals surface area contributed by atoms with Crippen LogP contribution >= 0.6 is 24.0 Å². The molecule has 2 rings (SSSR count). The molecule has 1 atom stereocenters. The van der Waals surface area contributed by atoms with Crippen LogP contribution in [0.25, 0.3) is 0 Å². The summed E-state index contributed by atoms with van der Waals surface area (Å²) in [6, 6.07) is 12.7. The van der Waals surface area contributed by atoms with Crippen molar-refractivity contribution in [2.24, 2.45) is 10.9 Å². The molecule has 0 spiro atoms. The molecule has 1 aromatic heterocycles. The second kappa shape index (κ2) is 11.9.